The van der Waals surface area contributed by atoms with E-state index in [0.29, 0.717) is 44.1 Å². The van der Waals surface area contributed by atoms with E-state index in [0.717, 1.165) is 0 Å². The van der Waals surface area contributed by atoms with Gasteiger partial charge in [0.2, 0.25) is 0 Å². The minimum absolute atomic E-state index is 0.0840. The molecular formula is C18H23N7O3S. The average molecular weight is 417 g/mol. The summed E-state index contributed by atoms with van der Waals surface area (Å²) in [6.07, 6.45) is 6.27. The van der Waals surface area contributed by atoms with Crippen LogP contribution in [0.25, 0.3) is 5.82 Å². The minimum atomic E-state index is -3.60. The lowest BCUT2D eigenvalue weighted by atomic mass is 9.98. The van der Waals surface area contributed by atoms with E-state index in [-0.39, 0.29) is 16.5 Å². The Bertz CT molecular complexity index is 1140. The smallest absolute Gasteiger partial charge is 0.266 e. The van der Waals surface area contributed by atoms with Crippen molar-refractivity contribution in [2.75, 3.05) is 13.1 Å². The van der Waals surface area contributed by atoms with Crippen molar-refractivity contribution < 1.29 is 8.42 Å². The third-order valence-corrected chi connectivity index (χ3v) is 7.06. The summed E-state index contributed by atoms with van der Waals surface area (Å²) in [5, 5.41) is 8.62. The molecule has 29 heavy (non-hydrogen) atoms. The van der Waals surface area contributed by atoms with Gasteiger partial charge in [-0.25, -0.2) is 22.8 Å². The molecule has 11 heteroatoms. The number of aryl methyl sites for hydroxylation is 2. The molecule has 1 aliphatic rings. The minimum Gasteiger partial charge on any atom is -0.337 e. The number of piperidine rings is 1. The van der Waals surface area contributed by atoms with Crippen LogP contribution in [-0.4, -0.2) is 54.9 Å². The second-order valence-electron chi connectivity index (χ2n) is 7.25. The highest BCUT2D eigenvalue weighted by atomic mass is 32.2. The second kappa shape index (κ2) is 7.56. The molecule has 0 unspecified atom stereocenters. The molecule has 1 fully saturated rings. The molecule has 154 valence electrons. The van der Waals surface area contributed by atoms with Crippen LogP contribution < -0.4 is 5.56 Å². The molecule has 0 radical (unpaired) electrons. The van der Waals surface area contributed by atoms with E-state index in [2.05, 4.69) is 15.2 Å². The fourth-order valence-electron chi connectivity index (χ4n) is 3.46. The Hall–Kier alpha value is -2.79. The molecule has 3 aromatic rings. The molecule has 0 aliphatic carbocycles. The third kappa shape index (κ3) is 3.87. The Morgan fingerprint density at radius 2 is 1.97 bits per heavy atom. The van der Waals surface area contributed by atoms with Crippen molar-refractivity contribution in [3.63, 3.8) is 0 Å². The summed E-state index contributed by atoms with van der Waals surface area (Å²) in [6.45, 7) is 3.02. The number of rotatable bonds is 5. The van der Waals surface area contributed by atoms with Gasteiger partial charge < -0.3 is 4.57 Å². The predicted octanol–water partition coefficient (Wildman–Crippen LogP) is 0.572. The van der Waals surface area contributed by atoms with Crippen LogP contribution in [0, 0.1) is 12.8 Å². The summed E-state index contributed by atoms with van der Waals surface area (Å²) in [5.41, 5.74) is -0.181. The zero-order valence-corrected chi connectivity index (χ0v) is 17.2. The Balaban J connectivity index is 1.44. The van der Waals surface area contributed by atoms with E-state index >= 15 is 0 Å². The summed E-state index contributed by atoms with van der Waals surface area (Å²) in [4.78, 5) is 16.4. The highest BCUT2D eigenvalue weighted by molar-refractivity contribution is 7.89. The van der Waals surface area contributed by atoms with E-state index in [1.165, 1.54) is 15.1 Å². The molecule has 0 atom stereocenters. The lowest BCUT2D eigenvalue weighted by Gasteiger charge is -2.30. The first-order valence-electron chi connectivity index (χ1n) is 9.43. The molecule has 4 heterocycles. The van der Waals surface area contributed by atoms with Crippen molar-refractivity contribution in [1.29, 1.82) is 0 Å². The van der Waals surface area contributed by atoms with Crippen LogP contribution in [0.1, 0.15) is 18.7 Å². The number of hydrogen-bond donors (Lipinski definition) is 0. The van der Waals surface area contributed by atoms with Gasteiger partial charge in [0.15, 0.2) is 10.8 Å². The van der Waals surface area contributed by atoms with Crippen LogP contribution >= 0.6 is 0 Å². The Morgan fingerprint density at radius 1 is 1.21 bits per heavy atom. The Morgan fingerprint density at radius 3 is 2.59 bits per heavy atom. The van der Waals surface area contributed by atoms with E-state index in [1.807, 2.05) is 0 Å². The highest BCUT2D eigenvalue weighted by Gasteiger charge is 2.31. The van der Waals surface area contributed by atoms with Crippen LogP contribution in [0.2, 0.25) is 0 Å². The standard InChI is InChI=1S/C18H23N7O3S/c1-14-20-17(13-22(14)2)29(27,28)23-10-6-15(7-11-23)12-25-18(26)5-4-16(21-25)24-9-3-8-19-24/h3-5,8-9,13,15H,6-7,10-12H2,1-2H3. The summed E-state index contributed by atoms with van der Waals surface area (Å²) in [5.74, 6) is 1.39. The molecule has 0 saturated carbocycles. The fraction of sp³-hybridized carbons (Fsp3) is 0.444. The van der Waals surface area contributed by atoms with Crippen molar-refractivity contribution in [2.45, 2.75) is 31.3 Å². The van der Waals surface area contributed by atoms with Crippen molar-refractivity contribution in [1.82, 2.24) is 33.4 Å². The van der Waals surface area contributed by atoms with Gasteiger partial charge in [-0.3, -0.25) is 4.79 Å². The van der Waals surface area contributed by atoms with Crippen LogP contribution in [0.3, 0.4) is 0 Å². The number of imidazole rings is 1. The van der Waals surface area contributed by atoms with E-state index in [1.54, 1.807) is 53.9 Å². The zero-order valence-electron chi connectivity index (χ0n) is 16.3. The lowest BCUT2D eigenvalue weighted by molar-refractivity contribution is 0.244. The van der Waals surface area contributed by atoms with Gasteiger partial charge in [-0.05, 0) is 37.8 Å². The highest BCUT2D eigenvalue weighted by Crippen LogP contribution is 2.24. The monoisotopic (exact) mass is 417 g/mol. The molecular weight excluding hydrogens is 394 g/mol. The van der Waals surface area contributed by atoms with Crippen molar-refractivity contribution in [3.05, 3.63) is 53.0 Å². The lowest BCUT2D eigenvalue weighted by Crippen LogP contribution is -2.40. The Labute approximate surface area is 168 Å². The summed E-state index contributed by atoms with van der Waals surface area (Å²) >= 11 is 0. The topological polar surface area (TPSA) is 108 Å². The summed E-state index contributed by atoms with van der Waals surface area (Å²) < 4.78 is 31.8. The maximum Gasteiger partial charge on any atom is 0.266 e. The molecule has 0 aromatic carbocycles. The summed E-state index contributed by atoms with van der Waals surface area (Å²) in [6, 6.07) is 4.90. The van der Waals surface area contributed by atoms with Crippen LogP contribution in [-0.2, 0) is 23.6 Å². The van der Waals surface area contributed by atoms with Gasteiger partial charge in [-0.2, -0.15) is 9.40 Å². The Kier molecular flexibility index (Phi) is 5.09. The van der Waals surface area contributed by atoms with E-state index in [9.17, 15) is 13.2 Å². The van der Waals surface area contributed by atoms with Gasteiger partial charge in [0.25, 0.3) is 15.6 Å². The molecule has 10 nitrogen and oxygen atoms in total. The molecule has 1 aliphatic heterocycles. The number of hydrogen-bond acceptors (Lipinski definition) is 6. The van der Waals surface area contributed by atoms with E-state index < -0.39 is 10.0 Å². The van der Waals surface area contributed by atoms with Gasteiger partial charge >= 0.3 is 0 Å². The molecule has 0 amide bonds. The first-order chi connectivity index (χ1) is 13.8. The maximum atomic E-state index is 12.8. The first kappa shape index (κ1) is 19.5. The molecule has 0 N–H and O–H groups in total. The number of nitrogens with zero attached hydrogens (tertiary/aromatic N) is 7. The van der Waals surface area contributed by atoms with Gasteiger partial charge in [0, 0.05) is 51.3 Å². The second-order valence-corrected chi connectivity index (χ2v) is 9.13. The normalized spacial score (nSPS) is 16.3. The van der Waals surface area contributed by atoms with Crippen LogP contribution in [0.5, 0.6) is 0 Å². The third-order valence-electron chi connectivity index (χ3n) is 5.29. The fourth-order valence-corrected chi connectivity index (χ4v) is 4.95. The summed E-state index contributed by atoms with van der Waals surface area (Å²) in [7, 11) is -1.83. The molecule has 1 saturated heterocycles. The van der Waals surface area contributed by atoms with Gasteiger partial charge in [0.05, 0.1) is 0 Å². The van der Waals surface area contributed by atoms with Crippen LogP contribution in [0.15, 0.2) is 46.6 Å². The van der Waals surface area contributed by atoms with Gasteiger partial charge in [-0.1, -0.05) is 0 Å². The number of sulfonamides is 1. The average Bonchev–Trinajstić information content (AvgIpc) is 3.35. The van der Waals surface area contributed by atoms with Gasteiger partial charge in [-0.15, -0.1) is 5.10 Å². The number of aromatic nitrogens is 6. The molecule has 4 rings (SSSR count). The molecule has 0 spiro atoms. The SMILES string of the molecule is Cc1nc(S(=O)(=O)N2CCC(Cn3nc(-n4cccn4)ccc3=O)CC2)cn1C. The van der Waals surface area contributed by atoms with Crippen molar-refractivity contribution in [2.24, 2.45) is 13.0 Å². The predicted molar refractivity (Wildman–Crippen MR) is 105 cm³/mol. The van der Waals surface area contributed by atoms with Crippen molar-refractivity contribution in [3.8, 4) is 5.82 Å². The first-order valence-corrected chi connectivity index (χ1v) is 10.9. The molecule has 0 bridgehead atoms. The zero-order chi connectivity index (χ0) is 20.6. The quantitative estimate of drug-likeness (QED) is 0.601. The van der Waals surface area contributed by atoms with Gasteiger partial charge in [0.1, 0.15) is 5.82 Å². The van der Waals surface area contributed by atoms with Crippen LogP contribution in [0.4, 0.5) is 0 Å². The van der Waals surface area contributed by atoms with E-state index in [4.69, 9.17) is 0 Å². The maximum absolute atomic E-state index is 12.8. The molecule has 3 aromatic heterocycles. The largest absolute Gasteiger partial charge is 0.337 e. The van der Waals surface area contributed by atoms with Crippen molar-refractivity contribution >= 4 is 10.0 Å².